The number of hydrogen-bond donors (Lipinski definition) is 0. The number of thiazole rings is 1. The fourth-order valence-corrected chi connectivity index (χ4v) is 5.64. The molecule has 1 aliphatic rings. The van der Waals surface area contributed by atoms with Gasteiger partial charge < -0.3 is 4.90 Å². The van der Waals surface area contributed by atoms with Crippen LogP contribution in [0.25, 0.3) is 11.0 Å². The standard InChI is InChI=1S/C15H18ClN3O3S2/c1-2-6-18(11-5-9-24(21,22)10-11)13(20)4-3-12-14(16)17-15-19(12)7-8-23-15/h3-4,7-8,11H,2,5-6,9-10H2,1H3. The third-order valence-electron chi connectivity index (χ3n) is 4.03. The second kappa shape index (κ2) is 6.85. The molecule has 24 heavy (non-hydrogen) atoms. The number of amides is 1. The van der Waals surface area contributed by atoms with Gasteiger partial charge in [0.25, 0.3) is 0 Å². The molecule has 2 aromatic rings. The highest BCUT2D eigenvalue weighted by Gasteiger charge is 2.33. The molecule has 1 amide bonds. The first kappa shape index (κ1) is 17.4. The molecule has 9 heteroatoms. The average molecular weight is 388 g/mol. The van der Waals surface area contributed by atoms with Crippen molar-refractivity contribution in [3.63, 3.8) is 0 Å². The first-order chi connectivity index (χ1) is 11.4. The van der Waals surface area contributed by atoms with E-state index in [1.165, 1.54) is 17.4 Å². The second-order valence-electron chi connectivity index (χ2n) is 5.77. The first-order valence-corrected chi connectivity index (χ1v) is 10.8. The average Bonchev–Trinajstić information content (AvgIpc) is 3.17. The lowest BCUT2D eigenvalue weighted by Gasteiger charge is -2.26. The monoisotopic (exact) mass is 387 g/mol. The van der Waals surface area contributed by atoms with E-state index in [0.29, 0.717) is 23.8 Å². The van der Waals surface area contributed by atoms with E-state index >= 15 is 0 Å². The van der Waals surface area contributed by atoms with Gasteiger partial charge in [-0.25, -0.2) is 13.4 Å². The van der Waals surface area contributed by atoms with Crippen LogP contribution in [-0.4, -0.2) is 52.7 Å². The van der Waals surface area contributed by atoms with Gasteiger partial charge in [0.15, 0.2) is 20.0 Å². The molecular weight excluding hydrogens is 370 g/mol. The maximum Gasteiger partial charge on any atom is 0.246 e. The van der Waals surface area contributed by atoms with E-state index in [0.717, 1.165) is 11.4 Å². The van der Waals surface area contributed by atoms with E-state index in [2.05, 4.69) is 4.98 Å². The van der Waals surface area contributed by atoms with Crippen LogP contribution in [0.5, 0.6) is 0 Å². The van der Waals surface area contributed by atoms with Gasteiger partial charge >= 0.3 is 0 Å². The molecule has 3 heterocycles. The number of fused-ring (bicyclic) bond motifs is 1. The Morgan fingerprint density at radius 3 is 3.04 bits per heavy atom. The maximum absolute atomic E-state index is 12.6. The molecule has 3 rings (SSSR count). The molecule has 1 saturated heterocycles. The topological polar surface area (TPSA) is 71.8 Å². The van der Waals surface area contributed by atoms with Crippen LogP contribution in [0, 0.1) is 0 Å². The summed E-state index contributed by atoms with van der Waals surface area (Å²) in [4.78, 5) is 19.2. The van der Waals surface area contributed by atoms with E-state index in [-0.39, 0.29) is 23.5 Å². The van der Waals surface area contributed by atoms with Crippen molar-refractivity contribution in [1.29, 1.82) is 0 Å². The molecule has 0 saturated carbocycles. The van der Waals surface area contributed by atoms with Gasteiger partial charge in [-0.1, -0.05) is 18.5 Å². The number of rotatable bonds is 5. The van der Waals surface area contributed by atoms with Crippen LogP contribution in [-0.2, 0) is 14.6 Å². The minimum Gasteiger partial charge on any atom is -0.335 e. The quantitative estimate of drug-likeness (QED) is 0.739. The van der Waals surface area contributed by atoms with Crippen molar-refractivity contribution in [3.8, 4) is 0 Å². The van der Waals surface area contributed by atoms with E-state index < -0.39 is 9.84 Å². The Kier molecular flexibility index (Phi) is 4.98. The van der Waals surface area contributed by atoms with Crippen molar-refractivity contribution in [2.75, 3.05) is 18.1 Å². The Morgan fingerprint density at radius 2 is 2.38 bits per heavy atom. The molecule has 130 valence electrons. The van der Waals surface area contributed by atoms with Crippen LogP contribution < -0.4 is 0 Å². The molecule has 0 bridgehead atoms. The van der Waals surface area contributed by atoms with Gasteiger partial charge in [-0.2, -0.15) is 0 Å². The summed E-state index contributed by atoms with van der Waals surface area (Å²) in [7, 11) is -3.03. The minimum absolute atomic E-state index is 0.0504. The van der Waals surface area contributed by atoms with Crippen LogP contribution in [0.1, 0.15) is 25.5 Å². The minimum atomic E-state index is -3.03. The predicted molar refractivity (Wildman–Crippen MR) is 96.2 cm³/mol. The third kappa shape index (κ3) is 3.50. The fourth-order valence-electron chi connectivity index (χ4n) is 2.91. The summed E-state index contributed by atoms with van der Waals surface area (Å²) in [6.45, 7) is 2.51. The summed E-state index contributed by atoms with van der Waals surface area (Å²) >= 11 is 7.58. The zero-order valence-corrected chi connectivity index (χ0v) is 15.6. The molecule has 6 nitrogen and oxygen atoms in total. The molecule has 1 atom stereocenters. The lowest BCUT2D eigenvalue weighted by atomic mass is 10.2. The van der Waals surface area contributed by atoms with Crippen LogP contribution in [0.15, 0.2) is 17.7 Å². The molecule has 2 aromatic heterocycles. The van der Waals surface area contributed by atoms with Gasteiger partial charge in [-0.3, -0.25) is 9.20 Å². The van der Waals surface area contributed by atoms with Crippen molar-refractivity contribution in [1.82, 2.24) is 14.3 Å². The van der Waals surface area contributed by atoms with Crippen molar-refractivity contribution in [2.24, 2.45) is 0 Å². The van der Waals surface area contributed by atoms with Crippen LogP contribution >= 0.6 is 22.9 Å². The van der Waals surface area contributed by atoms with Gasteiger partial charge in [0.2, 0.25) is 5.91 Å². The summed E-state index contributed by atoms with van der Waals surface area (Å²) < 4.78 is 25.2. The van der Waals surface area contributed by atoms with Gasteiger partial charge in [0.05, 0.1) is 17.2 Å². The van der Waals surface area contributed by atoms with E-state index in [1.54, 1.807) is 11.0 Å². The van der Waals surface area contributed by atoms with Crippen LogP contribution in [0.2, 0.25) is 5.15 Å². The second-order valence-corrected chi connectivity index (χ2v) is 9.23. The molecule has 0 N–H and O–H groups in total. The summed E-state index contributed by atoms with van der Waals surface area (Å²) in [5.41, 5.74) is 0.650. The van der Waals surface area contributed by atoms with Gasteiger partial charge in [-0.15, -0.1) is 11.3 Å². The van der Waals surface area contributed by atoms with E-state index in [9.17, 15) is 13.2 Å². The summed E-state index contributed by atoms with van der Waals surface area (Å²) in [5, 5.41) is 2.24. The number of hydrogen-bond acceptors (Lipinski definition) is 5. The Hall–Kier alpha value is -1.38. The van der Waals surface area contributed by atoms with Gasteiger partial charge in [0.1, 0.15) is 0 Å². The molecule has 1 aliphatic heterocycles. The maximum atomic E-state index is 12.6. The van der Waals surface area contributed by atoms with E-state index in [1.807, 2.05) is 22.9 Å². The number of carbonyl (C=O) groups excluding carboxylic acids is 1. The Balaban J connectivity index is 1.80. The van der Waals surface area contributed by atoms with Gasteiger partial charge in [0, 0.05) is 30.2 Å². The number of sulfone groups is 1. The smallest absolute Gasteiger partial charge is 0.246 e. The normalized spacial score (nSPS) is 20.2. The molecule has 1 fully saturated rings. The van der Waals surface area contributed by atoms with E-state index in [4.69, 9.17) is 11.6 Å². The molecule has 0 aliphatic carbocycles. The summed E-state index contributed by atoms with van der Waals surface area (Å²) in [6.07, 6.45) is 6.22. The highest BCUT2D eigenvalue weighted by atomic mass is 35.5. The van der Waals surface area contributed by atoms with Crippen LogP contribution in [0.4, 0.5) is 0 Å². The summed E-state index contributed by atoms with van der Waals surface area (Å²) in [5.74, 6) is 0.00777. The zero-order chi connectivity index (χ0) is 17.3. The fraction of sp³-hybridized carbons (Fsp3) is 0.467. The molecule has 0 aromatic carbocycles. The third-order valence-corrected chi connectivity index (χ3v) is 6.82. The number of carbonyl (C=O) groups is 1. The Labute approximate surface area is 149 Å². The van der Waals surface area contributed by atoms with Crippen molar-refractivity contribution < 1.29 is 13.2 Å². The molecule has 0 spiro atoms. The molecule has 1 unspecified atom stereocenters. The Morgan fingerprint density at radius 1 is 1.58 bits per heavy atom. The van der Waals surface area contributed by atoms with Gasteiger partial charge in [-0.05, 0) is 18.9 Å². The molecular formula is C15H18ClN3O3S2. The Bertz CT molecular complexity index is 885. The highest BCUT2D eigenvalue weighted by molar-refractivity contribution is 7.91. The lowest BCUT2D eigenvalue weighted by Crippen LogP contribution is -2.40. The van der Waals surface area contributed by atoms with Crippen LogP contribution in [0.3, 0.4) is 0 Å². The lowest BCUT2D eigenvalue weighted by molar-refractivity contribution is -0.127. The van der Waals surface area contributed by atoms with Crippen molar-refractivity contribution in [3.05, 3.63) is 28.5 Å². The number of imidazole rings is 1. The van der Waals surface area contributed by atoms with Crippen molar-refractivity contribution >= 4 is 49.7 Å². The summed E-state index contributed by atoms with van der Waals surface area (Å²) in [6, 6.07) is -0.242. The predicted octanol–water partition coefficient (Wildman–Crippen LogP) is 2.49. The zero-order valence-electron chi connectivity index (χ0n) is 13.2. The molecule has 0 radical (unpaired) electrons. The van der Waals surface area contributed by atoms with Crippen molar-refractivity contribution in [2.45, 2.75) is 25.8 Å². The number of halogens is 1. The number of nitrogens with zero attached hydrogens (tertiary/aromatic N) is 3. The SMILES string of the molecule is CCCN(C(=O)C=Cc1c(Cl)nc2sccn12)C1CCS(=O)(=O)C1. The first-order valence-electron chi connectivity index (χ1n) is 7.71. The highest BCUT2D eigenvalue weighted by Crippen LogP contribution is 2.23. The largest absolute Gasteiger partial charge is 0.335 e. The number of aromatic nitrogens is 2.